The van der Waals surface area contributed by atoms with Crippen LogP contribution in [-0.4, -0.2) is 5.97 Å². The van der Waals surface area contributed by atoms with Crippen LogP contribution >= 0.6 is 0 Å². The van der Waals surface area contributed by atoms with Crippen LogP contribution in [0.15, 0.2) is 43.0 Å². The number of hydrogen-bond donors (Lipinski definition) is 0. The highest BCUT2D eigenvalue weighted by atomic mass is 16.5. The highest BCUT2D eigenvalue weighted by Gasteiger charge is 2.03. The van der Waals surface area contributed by atoms with E-state index in [9.17, 15) is 4.79 Å². The van der Waals surface area contributed by atoms with E-state index in [0.717, 1.165) is 5.56 Å². The summed E-state index contributed by atoms with van der Waals surface area (Å²) < 4.78 is 5.00. The first-order valence-corrected chi connectivity index (χ1v) is 4.23. The number of esters is 1. The Kier molecular flexibility index (Phi) is 3.24. The molecule has 72 valence electrons. The topological polar surface area (TPSA) is 26.3 Å². The molecule has 0 fully saturated rings. The molecule has 0 aliphatic carbocycles. The van der Waals surface area contributed by atoms with E-state index >= 15 is 0 Å². The summed E-state index contributed by atoms with van der Waals surface area (Å²) in [5.74, 6) is 0.111. The molecule has 2 nitrogen and oxygen atoms in total. The van der Waals surface area contributed by atoms with Gasteiger partial charge in [0.15, 0.2) is 0 Å². The third kappa shape index (κ3) is 2.59. The Hall–Kier alpha value is -1.83. The van der Waals surface area contributed by atoms with Crippen molar-refractivity contribution in [3.05, 3.63) is 48.6 Å². The van der Waals surface area contributed by atoms with Crippen LogP contribution < -0.4 is 4.74 Å². The van der Waals surface area contributed by atoms with Gasteiger partial charge in [-0.05, 0) is 24.6 Å². The van der Waals surface area contributed by atoms with Gasteiger partial charge in [-0.25, -0.2) is 4.79 Å². The van der Waals surface area contributed by atoms with Crippen LogP contribution in [0, 0.1) is 0 Å². The van der Waals surface area contributed by atoms with Crippen LogP contribution in [0.2, 0.25) is 0 Å². The Morgan fingerprint density at radius 3 is 2.36 bits per heavy atom. The van der Waals surface area contributed by atoms with Crippen LogP contribution in [-0.2, 0) is 4.79 Å². The number of carbonyl (C=O) groups excluding carboxylic acids is 1. The standard InChI is InChI=1S/C12H12O2/c1-4-10-5-7-11(8-6-10)14-12(13)9(2)3/h4-8H,1-2H2,3H3. The molecule has 0 aliphatic rings. The minimum atomic E-state index is -0.406. The van der Waals surface area contributed by atoms with Crippen LogP contribution in [0.1, 0.15) is 12.5 Å². The van der Waals surface area contributed by atoms with Crippen LogP contribution in [0.25, 0.3) is 6.08 Å². The predicted octanol–water partition coefficient (Wildman–Crippen LogP) is 2.81. The van der Waals surface area contributed by atoms with Crippen molar-refractivity contribution in [1.82, 2.24) is 0 Å². The molecule has 0 atom stereocenters. The Bertz CT molecular complexity index is 360. The number of carbonyl (C=O) groups is 1. The zero-order valence-electron chi connectivity index (χ0n) is 8.12. The SMILES string of the molecule is C=Cc1ccc(OC(=O)C(=C)C)cc1. The van der Waals surface area contributed by atoms with E-state index in [-0.39, 0.29) is 0 Å². The number of rotatable bonds is 3. The van der Waals surface area contributed by atoms with E-state index in [1.54, 1.807) is 25.1 Å². The molecule has 1 aromatic carbocycles. The van der Waals surface area contributed by atoms with E-state index in [0.29, 0.717) is 11.3 Å². The zero-order valence-corrected chi connectivity index (χ0v) is 8.12. The summed E-state index contributed by atoms with van der Waals surface area (Å²) >= 11 is 0. The highest BCUT2D eigenvalue weighted by Crippen LogP contribution is 2.13. The molecule has 0 bridgehead atoms. The van der Waals surface area contributed by atoms with Gasteiger partial charge >= 0.3 is 5.97 Å². The molecule has 14 heavy (non-hydrogen) atoms. The lowest BCUT2D eigenvalue weighted by Gasteiger charge is -2.03. The Labute approximate surface area is 83.5 Å². The molecule has 0 radical (unpaired) electrons. The molecular formula is C12H12O2. The summed E-state index contributed by atoms with van der Waals surface area (Å²) in [6.07, 6.45) is 1.73. The second-order valence-electron chi connectivity index (χ2n) is 2.94. The van der Waals surface area contributed by atoms with Crippen molar-refractivity contribution < 1.29 is 9.53 Å². The molecular weight excluding hydrogens is 176 g/mol. The number of hydrogen-bond acceptors (Lipinski definition) is 2. The molecule has 0 saturated heterocycles. The van der Waals surface area contributed by atoms with Gasteiger partial charge < -0.3 is 4.74 Å². The lowest BCUT2D eigenvalue weighted by atomic mass is 10.2. The van der Waals surface area contributed by atoms with Crippen LogP contribution in [0.4, 0.5) is 0 Å². The fourth-order valence-electron chi connectivity index (χ4n) is 0.866. The lowest BCUT2D eigenvalue weighted by Crippen LogP contribution is -2.07. The average molecular weight is 188 g/mol. The second kappa shape index (κ2) is 4.42. The van der Waals surface area contributed by atoms with Crippen LogP contribution in [0.5, 0.6) is 5.75 Å². The molecule has 0 spiro atoms. The van der Waals surface area contributed by atoms with Gasteiger partial charge in [-0.1, -0.05) is 31.4 Å². The molecule has 0 N–H and O–H groups in total. The van der Waals surface area contributed by atoms with Crippen molar-refractivity contribution in [1.29, 1.82) is 0 Å². The van der Waals surface area contributed by atoms with Crippen molar-refractivity contribution in [3.8, 4) is 5.75 Å². The number of ether oxygens (including phenoxy) is 1. The van der Waals surface area contributed by atoms with Gasteiger partial charge in [0.25, 0.3) is 0 Å². The molecule has 0 amide bonds. The summed E-state index contributed by atoms with van der Waals surface area (Å²) in [5, 5.41) is 0. The molecule has 0 unspecified atom stereocenters. The predicted molar refractivity (Wildman–Crippen MR) is 57.0 cm³/mol. The molecule has 0 heterocycles. The first-order valence-electron chi connectivity index (χ1n) is 4.23. The fourth-order valence-corrected chi connectivity index (χ4v) is 0.866. The summed E-state index contributed by atoms with van der Waals surface area (Å²) in [7, 11) is 0. The van der Waals surface area contributed by atoms with Gasteiger partial charge in [0.2, 0.25) is 0 Å². The quantitative estimate of drug-likeness (QED) is 0.414. The normalized spacial score (nSPS) is 9.21. The van der Waals surface area contributed by atoms with Gasteiger partial charge in [0.1, 0.15) is 5.75 Å². The highest BCUT2D eigenvalue weighted by molar-refractivity contribution is 5.88. The van der Waals surface area contributed by atoms with E-state index in [2.05, 4.69) is 13.2 Å². The molecule has 0 aromatic heterocycles. The maximum atomic E-state index is 11.1. The fraction of sp³-hybridized carbons (Fsp3) is 0.0833. The Morgan fingerprint density at radius 2 is 1.93 bits per heavy atom. The third-order valence-corrected chi connectivity index (χ3v) is 1.67. The second-order valence-corrected chi connectivity index (χ2v) is 2.94. The van der Waals surface area contributed by atoms with E-state index in [1.807, 2.05) is 12.1 Å². The van der Waals surface area contributed by atoms with E-state index < -0.39 is 5.97 Å². The van der Waals surface area contributed by atoms with Crippen molar-refractivity contribution in [2.75, 3.05) is 0 Å². The molecule has 0 saturated carbocycles. The third-order valence-electron chi connectivity index (χ3n) is 1.67. The van der Waals surface area contributed by atoms with Gasteiger partial charge in [-0.2, -0.15) is 0 Å². The number of benzene rings is 1. The maximum absolute atomic E-state index is 11.1. The van der Waals surface area contributed by atoms with Gasteiger partial charge in [0, 0.05) is 5.57 Å². The van der Waals surface area contributed by atoms with Gasteiger partial charge in [-0.3, -0.25) is 0 Å². The molecule has 1 rings (SSSR count). The van der Waals surface area contributed by atoms with Crippen molar-refractivity contribution in [2.24, 2.45) is 0 Å². The summed E-state index contributed by atoms with van der Waals surface area (Å²) in [5.41, 5.74) is 1.37. The zero-order chi connectivity index (χ0) is 10.6. The van der Waals surface area contributed by atoms with Gasteiger partial charge in [0.05, 0.1) is 0 Å². The molecule has 1 aromatic rings. The smallest absolute Gasteiger partial charge is 0.338 e. The summed E-state index contributed by atoms with van der Waals surface area (Å²) in [6.45, 7) is 8.73. The van der Waals surface area contributed by atoms with Gasteiger partial charge in [-0.15, -0.1) is 0 Å². The van der Waals surface area contributed by atoms with E-state index in [1.165, 1.54) is 0 Å². The van der Waals surface area contributed by atoms with Crippen molar-refractivity contribution >= 4 is 12.0 Å². The Balaban J connectivity index is 2.73. The lowest BCUT2D eigenvalue weighted by molar-refractivity contribution is -0.130. The van der Waals surface area contributed by atoms with Crippen LogP contribution in [0.3, 0.4) is 0 Å². The average Bonchev–Trinajstić information content (AvgIpc) is 2.19. The first kappa shape index (κ1) is 10.3. The molecule has 2 heteroatoms. The first-order chi connectivity index (χ1) is 6.63. The van der Waals surface area contributed by atoms with E-state index in [4.69, 9.17) is 4.74 Å². The summed E-state index contributed by atoms with van der Waals surface area (Å²) in [6, 6.07) is 7.10. The monoisotopic (exact) mass is 188 g/mol. The van der Waals surface area contributed by atoms with Crippen molar-refractivity contribution in [2.45, 2.75) is 6.92 Å². The Morgan fingerprint density at radius 1 is 1.36 bits per heavy atom. The van der Waals surface area contributed by atoms with Crippen molar-refractivity contribution in [3.63, 3.8) is 0 Å². The maximum Gasteiger partial charge on any atom is 0.338 e. The minimum absolute atomic E-state index is 0.387. The largest absolute Gasteiger partial charge is 0.423 e. The molecule has 0 aliphatic heterocycles. The summed E-state index contributed by atoms with van der Waals surface area (Å²) in [4.78, 5) is 11.1. The minimum Gasteiger partial charge on any atom is -0.423 e.